The standard InChI is InChI=1S/C8H11NO2.C6H9NO2.C2H.BrH.Mg/c1-3-8(2,11)7(10)9-5-4-6-9;1-5(8)6(9)7-3-2-4-7;1-2;;/h1,11H,4-6H2,2H3;2-4H2,1H3;1H;1H;/q;;-1;;+2/p-1. The van der Waals surface area contributed by atoms with Gasteiger partial charge in [0.15, 0.2) is 0 Å². The Balaban J connectivity index is -0.000000313. The summed E-state index contributed by atoms with van der Waals surface area (Å²) < 4.78 is 0. The van der Waals surface area contributed by atoms with Crippen LogP contribution in [0.5, 0.6) is 0 Å². The molecule has 2 aliphatic rings. The number of carbonyl (C=O) groups is 3. The number of carbonyl (C=O) groups excluding carboxylic acids is 3. The zero-order valence-electron chi connectivity index (χ0n) is 14.0. The van der Waals surface area contributed by atoms with E-state index in [2.05, 4.69) is 12.3 Å². The van der Waals surface area contributed by atoms with Crippen LogP contribution in [0.3, 0.4) is 0 Å². The molecule has 0 aliphatic carbocycles. The van der Waals surface area contributed by atoms with Crippen molar-refractivity contribution >= 4 is 40.7 Å². The second-order valence-corrected chi connectivity index (χ2v) is 5.06. The quantitative estimate of drug-likeness (QED) is 0.220. The summed E-state index contributed by atoms with van der Waals surface area (Å²) in [7, 11) is 0. The molecule has 2 saturated heterocycles. The van der Waals surface area contributed by atoms with Crippen LogP contribution in [-0.4, -0.2) is 87.3 Å². The minimum Gasteiger partial charge on any atom is -1.00 e. The first-order valence-corrected chi connectivity index (χ1v) is 6.88. The van der Waals surface area contributed by atoms with Crippen LogP contribution in [0.25, 0.3) is 0 Å². The van der Waals surface area contributed by atoms with Crippen molar-refractivity contribution in [3.05, 3.63) is 6.42 Å². The van der Waals surface area contributed by atoms with Crippen molar-refractivity contribution in [3.8, 4) is 18.8 Å². The number of aliphatic hydroxyl groups is 1. The first kappa shape index (κ1) is 27.8. The van der Waals surface area contributed by atoms with E-state index in [1.807, 2.05) is 0 Å². The molecule has 2 amide bonds. The zero-order valence-corrected chi connectivity index (χ0v) is 17.0. The molecule has 0 aromatic carbocycles. The Bertz CT molecular complexity index is 492. The van der Waals surface area contributed by atoms with E-state index in [1.165, 1.54) is 13.8 Å². The molecule has 2 fully saturated rings. The molecule has 0 saturated carbocycles. The van der Waals surface area contributed by atoms with Crippen LogP contribution >= 0.6 is 0 Å². The Kier molecular flexibility index (Phi) is 15.3. The van der Waals surface area contributed by atoms with E-state index in [9.17, 15) is 19.5 Å². The van der Waals surface area contributed by atoms with E-state index in [4.69, 9.17) is 12.8 Å². The Hall–Kier alpha value is -1.06. The van der Waals surface area contributed by atoms with Gasteiger partial charge in [-0.15, -0.1) is 6.42 Å². The maximum atomic E-state index is 11.2. The maximum Gasteiger partial charge on any atom is 2.00 e. The summed E-state index contributed by atoms with van der Waals surface area (Å²) in [6.07, 6.45) is 16.0. The van der Waals surface area contributed by atoms with E-state index in [0.717, 1.165) is 39.0 Å². The molecule has 1 atom stereocenters. The van der Waals surface area contributed by atoms with E-state index >= 15 is 0 Å². The number of terminal acetylenes is 2. The monoisotopic (exact) mass is 408 g/mol. The molecular formula is C16H21BrMgN2O4. The van der Waals surface area contributed by atoms with Gasteiger partial charge in [-0.25, -0.2) is 0 Å². The first-order valence-electron chi connectivity index (χ1n) is 6.88. The number of hydrogen-bond acceptors (Lipinski definition) is 4. The van der Waals surface area contributed by atoms with Gasteiger partial charge in [0.2, 0.25) is 11.4 Å². The summed E-state index contributed by atoms with van der Waals surface area (Å²) in [6.45, 7) is 5.61. The number of halogens is 1. The number of Topliss-reactive ketones (excluding diaryl/α,β-unsaturated/α-hetero) is 1. The van der Waals surface area contributed by atoms with Crippen molar-refractivity contribution in [1.29, 1.82) is 0 Å². The summed E-state index contributed by atoms with van der Waals surface area (Å²) in [5, 5.41) is 9.30. The summed E-state index contributed by atoms with van der Waals surface area (Å²) >= 11 is 0. The van der Waals surface area contributed by atoms with Crippen LogP contribution in [0, 0.1) is 25.2 Å². The second-order valence-electron chi connectivity index (χ2n) is 5.06. The molecule has 1 unspecified atom stereocenters. The normalized spacial score (nSPS) is 16.2. The minimum absolute atomic E-state index is 0. The van der Waals surface area contributed by atoms with E-state index in [0.29, 0.717) is 0 Å². The Morgan fingerprint density at radius 3 is 1.62 bits per heavy atom. The van der Waals surface area contributed by atoms with Crippen molar-refractivity contribution in [2.45, 2.75) is 32.3 Å². The third-order valence-corrected chi connectivity index (χ3v) is 3.29. The number of amides is 2. The van der Waals surface area contributed by atoms with Gasteiger partial charge in [0, 0.05) is 33.1 Å². The van der Waals surface area contributed by atoms with Crippen LogP contribution in [-0.2, 0) is 14.4 Å². The SMILES string of the molecule is C#CC(C)(O)C(=O)N1CCC1.CC(=O)C(=O)N1CCC1.[Br-].[C-]#C.[Mg+2]. The molecular weight excluding hydrogens is 388 g/mol. The van der Waals surface area contributed by atoms with Gasteiger partial charge in [0.1, 0.15) is 0 Å². The van der Waals surface area contributed by atoms with Crippen LogP contribution in [0.15, 0.2) is 0 Å². The third-order valence-electron chi connectivity index (χ3n) is 3.29. The minimum atomic E-state index is -1.61. The van der Waals surface area contributed by atoms with Crippen molar-refractivity contribution in [2.75, 3.05) is 26.2 Å². The number of nitrogens with zero attached hydrogens (tertiary/aromatic N) is 2. The Morgan fingerprint density at radius 2 is 1.46 bits per heavy atom. The van der Waals surface area contributed by atoms with Crippen LogP contribution in [0.4, 0.5) is 0 Å². The first-order chi connectivity index (χ1) is 10.3. The van der Waals surface area contributed by atoms with Crippen molar-refractivity contribution in [1.82, 2.24) is 9.80 Å². The average Bonchev–Trinajstić information content (AvgIpc) is 2.37. The fourth-order valence-electron chi connectivity index (χ4n) is 1.63. The van der Waals surface area contributed by atoms with E-state index in [1.54, 1.807) is 9.80 Å². The molecule has 128 valence electrons. The molecule has 0 radical (unpaired) electrons. The number of ketones is 1. The molecule has 2 aliphatic heterocycles. The summed E-state index contributed by atoms with van der Waals surface area (Å²) in [6, 6.07) is 0. The summed E-state index contributed by atoms with van der Waals surface area (Å²) in [4.78, 5) is 35.4. The molecule has 2 heterocycles. The zero-order chi connectivity index (χ0) is 17.3. The smallest absolute Gasteiger partial charge is 1.00 e. The van der Waals surface area contributed by atoms with Gasteiger partial charge >= 0.3 is 23.1 Å². The van der Waals surface area contributed by atoms with E-state index < -0.39 is 5.60 Å². The van der Waals surface area contributed by atoms with Gasteiger partial charge < -0.3 is 44.7 Å². The van der Waals surface area contributed by atoms with Gasteiger partial charge in [-0.3, -0.25) is 14.4 Å². The number of likely N-dealkylation sites (tertiary alicyclic amines) is 2. The topological polar surface area (TPSA) is 77.9 Å². The molecule has 0 aromatic rings. The number of hydrogen-bond donors (Lipinski definition) is 1. The van der Waals surface area contributed by atoms with Crippen molar-refractivity contribution < 1.29 is 36.5 Å². The van der Waals surface area contributed by atoms with Crippen molar-refractivity contribution in [2.24, 2.45) is 0 Å². The average molecular weight is 410 g/mol. The molecule has 0 bridgehead atoms. The van der Waals surface area contributed by atoms with Crippen LogP contribution < -0.4 is 17.0 Å². The molecule has 8 heteroatoms. The predicted molar refractivity (Wildman–Crippen MR) is 86.5 cm³/mol. The van der Waals surface area contributed by atoms with Gasteiger partial charge in [-0.05, 0) is 19.8 Å². The fraction of sp³-hybridized carbons (Fsp3) is 0.562. The van der Waals surface area contributed by atoms with Gasteiger partial charge in [0.05, 0.1) is 0 Å². The molecule has 2 rings (SSSR count). The van der Waals surface area contributed by atoms with Gasteiger partial charge in [-0.1, -0.05) is 5.92 Å². The fourth-order valence-corrected chi connectivity index (χ4v) is 1.63. The molecule has 24 heavy (non-hydrogen) atoms. The van der Waals surface area contributed by atoms with Gasteiger partial charge in [-0.2, -0.15) is 0 Å². The molecule has 0 aromatic heterocycles. The van der Waals surface area contributed by atoms with Gasteiger partial charge in [0.25, 0.3) is 11.8 Å². The number of rotatable bonds is 2. The van der Waals surface area contributed by atoms with E-state index in [-0.39, 0.29) is 57.6 Å². The predicted octanol–water partition coefficient (Wildman–Crippen LogP) is -3.76. The third kappa shape index (κ3) is 8.16. The van der Waals surface area contributed by atoms with Crippen LogP contribution in [0.1, 0.15) is 26.7 Å². The molecule has 6 nitrogen and oxygen atoms in total. The second kappa shape index (κ2) is 13.3. The van der Waals surface area contributed by atoms with Crippen LogP contribution in [0.2, 0.25) is 0 Å². The van der Waals surface area contributed by atoms with Crippen molar-refractivity contribution in [3.63, 3.8) is 0 Å². The largest absolute Gasteiger partial charge is 2.00 e. The summed E-state index contributed by atoms with van der Waals surface area (Å²) in [5.74, 6) is 1.01. The molecule has 0 spiro atoms. The Labute approximate surface area is 170 Å². The Morgan fingerprint density at radius 1 is 1.08 bits per heavy atom. The molecule has 1 N–H and O–H groups in total. The maximum absolute atomic E-state index is 11.2. The summed E-state index contributed by atoms with van der Waals surface area (Å²) in [5.41, 5.74) is -1.61.